The molecule has 5 rings (SSSR count). The van der Waals surface area contributed by atoms with E-state index in [0.29, 0.717) is 12.0 Å². The number of amides is 1. The molecule has 3 aliphatic rings. The fraction of sp³-hybridized carbons (Fsp3) is 0.545. The summed E-state index contributed by atoms with van der Waals surface area (Å²) in [4.78, 5) is 20.0. The standard InChI is InChI=1S/C22H25F2N3O/c1-26-19-6-3-2-5-18(19)25-21(26)20-7-4-10-27(20)22(28)16-12-14(16)15-11-13(23)8-9-17(15)24/h8-9,11,14,16,20H,2-7,10,12H2,1H3/t14-,16+,20-/m0/s1. The minimum Gasteiger partial charge on any atom is -0.333 e. The van der Waals surface area contributed by atoms with Crippen molar-refractivity contribution in [2.75, 3.05) is 6.54 Å². The van der Waals surface area contributed by atoms with Crippen molar-refractivity contribution in [3.8, 4) is 0 Å². The topological polar surface area (TPSA) is 38.1 Å². The number of carbonyl (C=O) groups is 1. The zero-order chi connectivity index (χ0) is 19.4. The first-order valence-corrected chi connectivity index (χ1v) is 10.3. The largest absolute Gasteiger partial charge is 0.333 e. The minimum atomic E-state index is -0.452. The highest BCUT2D eigenvalue weighted by Gasteiger charge is 2.49. The van der Waals surface area contributed by atoms with Crippen molar-refractivity contribution in [1.82, 2.24) is 14.5 Å². The van der Waals surface area contributed by atoms with Crippen molar-refractivity contribution in [3.05, 3.63) is 52.6 Å². The average Bonchev–Trinajstić information content (AvgIpc) is 3.21. The Morgan fingerprint density at radius 3 is 2.82 bits per heavy atom. The molecular weight excluding hydrogens is 360 g/mol. The van der Waals surface area contributed by atoms with Gasteiger partial charge in [0.2, 0.25) is 5.91 Å². The Labute approximate surface area is 163 Å². The Morgan fingerprint density at radius 2 is 2.00 bits per heavy atom. The summed E-state index contributed by atoms with van der Waals surface area (Å²) in [6, 6.07) is 3.52. The van der Waals surface area contributed by atoms with Crippen LogP contribution in [0.2, 0.25) is 0 Å². The number of carbonyl (C=O) groups excluding carboxylic acids is 1. The maximum Gasteiger partial charge on any atom is 0.226 e. The molecule has 0 radical (unpaired) electrons. The van der Waals surface area contributed by atoms with Crippen molar-refractivity contribution >= 4 is 5.91 Å². The molecule has 3 atom stereocenters. The van der Waals surface area contributed by atoms with Crippen LogP contribution in [-0.4, -0.2) is 26.9 Å². The number of nitrogens with zero attached hydrogens (tertiary/aromatic N) is 3. The van der Waals surface area contributed by atoms with E-state index in [-0.39, 0.29) is 23.8 Å². The summed E-state index contributed by atoms with van der Waals surface area (Å²) in [5.41, 5.74) is 2.84. The van der Waals surface area contributed by atoms with Gasteiger partial charge in [-0.05, 0) is 74.6 Å². The summed E-state index contributed by atoms with van der Waals surface area (Å²) >= 11 is 0. The fourth-order valence-electron chi connectivity index (χ4n) is 5.13. The van der Waals surface area contributed by atoms with Crippen LogP contribution in [0.4, 0.5) is 8.78 Å². The second-order valence-electron chi connectivity index (χ2n) is 8.43. The molecule has 4 nitrogen and oxygen atoms in total. The quantitative estimate of drug-likeness (QED) is 0.800. The monoisotopic (exact) mass is 385 g/mol. The van der Waals surface area contributed by atoms with Crippen LogP contribution in [0.25, 0.3) is 0 Å². The van der Waals surface area contributed by atoms with E-state index >= 15 is 0 Å². The number of hydrogen-bond donors (Lipinski definition) is 0. The zero-order valence-electron chi connectivity index (χ0n) is 16.1. The van der Waals surface area contributed by atoms with Crippen LogP contribution in [0, 0.1) is 17.6 Å². The van der Waals surface area contributed by atoms with E-state index in [9.17, 15) is 13.6 Å². The van der Waals surface area contributed by atoms with E-state index in [0.717, 1.165) is 50.2 Å². The Kier molecular flexibility index (Phi) is 4.25. The van der Waals surface area contributed by atoms with Crippen LogP contribution >= 0.6 is 0 Å². The molecule has 2 heterocycles. The lowest BCUT2D eigenvalue weighted by molar-refractivity contribution is -0.133. The number of likely N-dealkylation sites (tertiary alicyclic amines) is 1. The lowest BCUT2D eigenvalue weighted by Gasteiger charge is -2.25. The van der Waals surface area contributed by atoms with Crippen LogP contribution in [0.5, 0.6) is 0 Å². The van der Waals surface area contributed by atoms with Crippen LogP contribution in [0.1, 0.15) is 66.8 Å². The van der Waals surface area contributed by atoms with E-state index in [2.05, 4.69) is 11.6 Å². The van der Waals surface area contributed by atoms with Crippen molar-refractivity contribution in [2.45, 2.75) is 56.9 Å². The number of hydrogen-bond acceptors (Lipinski definition) is 2. The molecule has 1 aromatic heterocycles. The normalized spacial score (nSPS) is 26.4. The number of aryl methyl sites for hydroxylation is 1. The van der Waals surface area contributed by atoms with Gasteiger partial charge in [-0.15, -0.1) is 0 Å². The summed E-state index contributed by atoms with van der Waals surface area (Å²) in [5, 5.41) is 0. The van der Waals surface area contributed by atoms with Gasteiger partial charge in [0.15, 0.2) is 0 Å². The average molecular weight is 385 g/mol. The first-order chi connectivity index (χ1) is 13.5. The third kappa shape index (κ3) is 2.85. The Balaban J connectivity index is 1.37. The maximum absolute atomic E-state index is 14.1. The van der Waals surface area contributed by atoms with Crippen LogP contribution in [0.15, 0.2) is 18.2 Å². The lowest BCUT2D eigenvalue weighted by atomic mass is 10.0. The third-order valence-corrected chi connectivity index (χ3v) is 6.71. The Morgan fingerprint density at radius 1 is 1.18 bits per heavy atom. The fourth-order valence-corrected chi connectivity index (χ4v) is 5.13. The molecule has 1 saturated carbocycles. The van der Waals surface area contributed by atoms with E-state index in [4.69, 9.17) is 4.98 Å². The molecule has 28 heavy (non-hydrogen) atoms. The van der Waals surface area contributed by atoms with Gasteiger partial charge in [-0.2, -0.15) is 0 Å². The van der Waals surface area contributed by atoms with Gasteiger partial charge in [-0.25, -0.2) is 13.8 Å². The molecule has 2 fully saturated rings. The van der Waals surface area contributed by atoms with Gasteiger partial charge >= 0.3 is 0 Å². The molecule has 0 bridgehead atoms. The van der Waals surface area contributed by atoms with Gasteiger partial charge in [0, 0.05) is 25.2 Å². The molecule has 2 aromatic rings. The van der Waals surface area contributed by atoms with Crippen molar-refractivity contribution in [3.63, 3.8) is 0 Å². The molecular formula is C22H25F2N3O. The summed E-state index contributed by atoms with van der Waals surface area (Å²) in [6.07, 6.45) is 6.93. The van der Waals surface area contributed by atoms with Crippen LogP contribution < -0.4 is 0 Å². The summed E-state index contributed by atoms with van der Waals surface area (Å²) in [6.45, 7) is 0.718. The van der Waals surface area contributed by atoms with E-state index in [1.165, 1.54) is 30.3 Å². The molecule has 0 spiro atoms. The predicted octanol–water partition coefficient (Wildman–Crippen LogP) is 4.04. The number of fused-ring (bicyclic) bond motifs is 1. The molecule has 0 unspecified atom stereocenters. The molecule has 148 valence electrons. The summed E-state index contributed by atoms with van der Waals surface area (Å²) in [5.74, 6) is -0.265. The number of rotatable bonds is 3. The molecule has 1 aromatic carbocycles. The van der Waals surface area contributed by atoms with E-state index in [1.54, 1.807) is 0 Å². The minimum absolute atomic E-state index is 0.00158. The van der Waals surface area contributed by atoms with Crippen LogP contribution in [-0.2, 0) is 24.7 Å². The van der Waals surface area contributed by atoms with Gasteiger partial charge in [-0.3, -0.25) is 4.79 Å². The Bertz CT molecular complexity index is 938. The molecule has 1 saturated heterocycles. The Hall–Kier alpha value is -2.24. The molecule has 1 amide bonds. The predicted molar refractivity (Wildman–Crippen MR) is 101 cm³/mol. The van der Waals surface area contributed by atoms with E-state index < -0.39 is 11.6 Å². The third-order valence-electron chi connectivity index (χ3n) is 6.71. The van der Waals surface area contributed by atoms with Gasteiger partial charge in [-0.1, -0.05) is 0 Å². The SMILES string of the molecule is Cn1c([C@@H]2CCCN2C(=O)[C@@H]2C[C@H]2c2cc(F)ccc2F)nc2c1CCCC2. The zero-order valence-corrected chi connectivity index (χ0v) is 16.1. The maximum atomic E-state index is 14.1. The second-order valence-corrected chi connectivity index (χ2v) is 8.43. The first-order valence-electron chi connectivity index (χ1n) is 10.3. The van der Waals surface area contributed by atoms with Crippen molar-refractivity contribution in [1.29, 1.82) is 0 Å². The second kappa shape index (κ2) is 6.68. The van der Waals surface area contributed by atoms with Gasteiger partial charge in [0.05, 0.1) is 11.7 Å². The highest BCUT2D eigenvalue weighted by Crippen LogP contribution is 2.51. The number of halogens is 2. The number of benzene rings is 1. The van der Waals surface area contributed by atoms with Gasteiger partial charge in [0.25, 0.3) is 0 Å². The first kappa shape index (κ1) is 17.8. The van der Waals surface area contributed by atoms with Crippen LogP contribution in [0.3, 0.4) is 0 Å². The van der Waals surface area contributed by atoms with Crippen molar-refractivity contribution < 1.29 is 13.6 Å². The number of imidazole rings is 1. The summed E-state index contributed by atoms with van der Waals surface area (Å²) < 4.78 is 29.8. The lowest BCUT2D eigenvalue weighted by Crippen LogP contribution is -2.33. The molecule has 2 aliphatic carbocycles. The van der Waals surface area contributed by atoms with Gasteiger partial charge in [0.1, 0.15) is 17.5 Å². The van der Waals surface area contributed by atoms with Crippen molar-refractivity contribution in [2.24, 2.45) is 13.0 Å². The molecule has 1 aliphatic heterocycles. The highest BCUT2D eigenvalue weighted by molar-refractivity contribution is 5.83. The highest BCUT2D eigenvalue weighted by atomic mass is 19.1. The smallest absolute Gasteiger partial charge is 0.226 e. The summed E-state index contributed by atoms with van der Waals surface area (Å²) in [7, 11) is 2.06. The van der Waals surface area contributed by atoms with Gasteiger partial charge < -0.3 is 9.47 Å². The molecule has 6 heteroatoms. The number of aromatic nitrogens is 2. The molecule has 0 N–H and O–H groups in total. The van der Waals surface area contributed by atoms with E-state index in [1.807, 2.05) is 4.90 Å².